The molecule has 0 atom stereocenters. The highest BCUT2D eigenvalue weighted by Crippen LogP contribution is 2.30. The van der Waals surface area contributed by atoms with Gasteiger partial charge in [0.2, 0.25) is 0 Å². The van der Waals surface area contributed by atoms with Crippen LogP contribution in [0, 0.1) is 5.82 Å². The molecule has 3 aromatic rings. The van der Waals surface area contributed by atoms with Gasteiger partial charge >= 0.3 is 0 Å². The SMILES string of the molecule is C/C=C/c1ccc(Nc2ncnc3cc(N4CCN(CCOC)CC4)c(F)cc23)cc1. The van der Waals surface area contributed by atoms with E-state index in [-0.39, 0.29) is 5.82 Å². The molecular weight excluding hydrogens is 393 g/mol. The number of aromatic nitrogens is 2. The Balaban J connectivity index is 1.54. The second-order valence-electron chi connectivity index (χ2n) is 7.61. The van der Waals surface area contributed by atoms with Gasteiger partial charge in [0.05, 0.1) is 17.8 Å². The van der Waals surface area contributed by atoms with Crippen LogP contribution >= 0.6 is 0 Å². The van der Waals surface area contributed by atoms with Gasteiger partial charge < -0.3 is 15.0 Å². The molecule has 0 radical (unpaired) electrons. The van der Waals surface area contributed by atoms with Gasteiger partial charge in [-0.2, -0.15) is 0 Å². The van der Waals surface area contributed by atoms with E-state index in [1.54, 1.807) is 13.2 Å². The van der Waals surface area contributed by atoms with Crippen molar-refractivity contribution in [2.24, 2.45) is 0 Å². The van der Waals surface area contributed by atoms with Crippen LogP contribution in [0.1, 0.15) is 12.5 Å². The van der Waals surface area contributed by atoms with Crippen LogP contribution in [-0.2, 0) is 4.74 Å². The number of benzene rings is 2. The average molecular weight is 422 g/mol. The molecule has 1 N–H and O–H groups in total. The van der Waals surface area contributed by atoms with E-state index >= 15 is 4.39 Å². The molecule has 1 fully saturated rings. The second kappa shape index (κ2) is 9.85. The van der Waals surface area contributed by atoms with Crippen molar-refractivity contribution in [1.82, 2.24) is 14.9 Å². The molecule has 1 saturated heterocycles. The Kier molecular flexibility index (Phi) is 6.74. The molecule has 7 heteroatoms. The van der Waals surface area contributed by atoms with Crippen molar-refractivity contribution in [2.75, 3.05) is 56.7 Å². The highest BCUT2D eigenvalue weighted by Gasteiger charge is 2.20. The lowest BCUT2D eigenvalue weighted by Gasteiger charge is -2.36. The molecule has 2 aromatic carbocycles. The van der Waals surface area contributed by atoms with Crippen LogP contribution in [-0.4, -0.2) is 61.3 Å². The molecule has 162 valence electrons. The fourth-order valence-corrected chi connectivity index (χ4v) is 3.85. The highest BCUT2D eigenvalue weighted by atomic mass is 19.1. The van der Waals surface area contributed by atoms with Crippen LogP contribution in [0.3, 0.4) is 0 Å². The summed E-state index contributed by atoms with van der Waals surface area (Å²) in [6.07, 6.45) is 5.56. The molecule has 0 saturated carbocycles. The number of hydrogen-bond acceptors (Lipinski definition) is 6. The lowest BCUT2D eigenvalue weighted by Crippen LogP contribution is -2.47. The number of rotatable bonds is 7. The Hall–Kier alpha value is -3.03. The lowest BCUT2D eigenvalue weighted by atomic mass is 10.1. The molecule has 0 amide bonds. The summed E-state index contributed by atoms with van der Waals surface area (Å²) in [5.41, 5.74) is 3.34. The van der Waals surface area contributed by atoms with Gasteiger partial charge in [0.1, 0.15) is 18.0 Å². The van der Waals surface area contributed by atoms with Crippen molar-refractivity contribution in [3.63, 3.8) is 0 Å². The first kappa shape index (κ1) is 21.2. The molecule has 0 aliphatic carbocycles. The maximum absolute atomic E-state index is 15.1. The molecule has 6 nitrogen and oxygen atoms in total. The van der Waals surface area contributed by atoms with E-state index < -0.39 is 0 Å². The van der Waals surface area contributed by atoms with Crippen molar-refractivity contribution in [3.05, 3.63) is 60.2 Å². The van der Waals surface area contributed by atoms with Crippen LogP contribution < -0.4 is 10.2 Å². The Morgan fingerprint density at radius 1 is 1.10 bits per heavy atom. The molecule has 0 unspecified atom stereocenters. The predicted octanol–water partition coefficient (Wildman–Crippen LogP) is 4.31. The van der Waals surface area contributed by atoms with Gasteiger partial charge in [-0.3, -0.25) is 4.90 Å². The summed E-state index contributed by atoms with van der Waals surface area (Å²) in [6, 6.07) is 11.4. The minimum Gasteiger partial charge on any atom is -0.383 e. The number of hydrogen-bond donors (Lipinski definition) is 1. The van der Waals surface area contributed by atoms with Crippen molar-refractivity contribution >= 4 is 34.2 Å². The van der Waals surface area contributed by atoms with Crippen molar-refractivity contribution < 1.29 is 9.13 Å². The van der Waals surface area contributed by atoms with E-state index in [2.05, 4.69) is 25.1 Å². The minimum atomic E-state index is -0.251. The summed E-state index contributed by atoms with van der Waals surface area (Å²) in [4.78, 5) is 13.2. The van der Waals surface area contributed by atoms with E-state index in [1.807, 2.05) is 49.4 Å². The number of halogens is 1. The predicted molar refractivity (Wildman–Crippen MR) is 124 cm³/mol. The van der Waals surface area contributed by atoms with Gasteiger partial charge in [0, 0.05) is 50.9 Å². The molecule has 1 aromatic heterocycles. The highest BCUT2D eigenvalue weighted by molar-refractivity contribution is 5.92. The molecule has 0 bridgehead atoms. The van der Waals surface area contributed by atoms with Crippen LogP contribution in [0.4, 0.5) is 21.6 Å². The fraction of sp³-hybridized carbons (Fsp3) is 0.333. The molecule has 2 heterocycles. The minimum absolute atomic E-state index is 0.251. The largest absolute Gasteiger partial charge is 0.383 e. The second-order valence-corrected chi connectivity index (χ2v) is 7.61. The van der Waals surface area contributed by atoms with Crippen molar-refractivity contribution in [1.29, 1.82) is 0 Å². The number of fused-ring (bicyclic) bond motifs is 1. The maximum Gasteiger partial charge on any atom is 0.147 e. The standard InChI is InChI=1S/C24H28FN5O/c1-3-4-18-5-7-19(8-6-18)28-24-20-15-21(25)23(16-22(20)26-17-27-24)30-11-9-29(10-12-30)13-14-31-2/h3-8,15-17H,9-14H2,1-2H3,(H,26,27,28)/b4-3+. The zero-order valence-electron chi connectivity index (χ0n) is 18.0. The Labute approximate surface area is 182 Å². The van der Waals surface area contributed by atoms with Crippen LogP contribution in [0.15, 0.2) is 48.8 Å². The number of nitrogens with zero attached hydrogens (tertiary/aromatic N) is 4. The topological polar surface area (TPSA) is 53.5 Å². The number of anilines is 3. The third-order valence-electron chi connectivity index (χ3n) is 5.56. The van der Waals surface area contributed by atoms with Crippen LogP contribution in [0.5, 0.6) is 0 Å². The number of piperazine rings is 1. The van der Waals surface area contributed by atoms with Gasteiger partial charge in [-0.1, -0.05) is 24.3 Å². The molecule has 1 aliphatic heterocycles. The van der Waals surface area contributed by atoms with E-state index in [1.165, 1.54) is 6.33 Å². The zero-order chi connectivity index (χ0) is 21.6. The molecule has 1 aliphatic rings. The smallest absolute Gasteiger partial charge is 0.147 e. The van der Waals surface area contributed by atoms with Crippen LogP contribution in [0.25, 0.3) is 17.0 Å². The summed E-state index contributed by atoms with van der Waals surface area (Å²) < 4.78 is 20.2. The maximum atomic E-state index is 15.1. The van der Waals surface area contributed by atoms with Gasteiger partial charge in [-0.25, -0.2) is 14.4 Å². The third-order valence-corrected chi connectivity index (χ3v) is 5.56. The van der Waals surface area contributed by atoms with Gasteiger partial charge in [0.15, 0.2) is 0 Å². The molecule has 4 rings (SSSR count). The van der Waals surface area contributed by atoms with Crippen LogP contribution in [0.2, 0.25) is 0 Å². The monoisotopic (exact) mass is 421 g/mol. The summed E-state index contributed by atoms with van der Waals surface area (Å²) in [5.74, 6) is 0.345. The van der Waals surface area contributed by atoms with E-state index in [9.17, 15) is 0 Å². The lowest BCUT2D eigenvalue weighted by molar-refractivity contribution is 0.144. The third kappa shape index (κ3) is 5.00. The fourth-order valence-electron chi connectivity index (χ4n) is 3.85. The molecular formula is C24H28FN5O. The number of nitrogens with one attached hydrogen (secondary N) is 1. The number of ether oxygens (including phenoxy) is 1. The average Bonchev–Trinajstić information content (AvgIpc) is 2.80. The molecule has 31 heavy (non-hydrogen) atoms. The number of methoxy groups -OCH3 is 1. The first-order valence-corrected chi connectivity index (χ1v) is 10.6. The Morgan fingerprint density at radius 3 is 2.58 bits per heavy atom. The van der Waals surface area contributed by atoms with Gasteiger partial charge in [-0.15, -0.1) is 0 Å². The first-order valence-electron chi connectivity index (χ1n) is 10.6. The number of allylic oxidation sites excluding steroid dienone is 1. The molecule has 0 spiro atoms. The summed E-state index contributed by atoms with van der Waals surface area (Å²) in [7, 11) is 1.71. The Bertz CT molecular complexity index is 1050. The van der Waals surface area contributed by atoms with Gasteiger partial charge in [0.25, 0.3) is 0 Å². The Morgan fingerprint density at radius 2 is 1.87 bits per heavy atom. The van der Waals surface area contributed by atoms with Gasteiger partial charge in [-0.05, 0) is 36.8 Å². The van der Waals surface area contributed by atoms with E-state index in [0.29, 0.717) is 16.9 Å². The normalized spacial score (nSPS) is 15.1. The first-order chi connectivity index (χ1) is 15.2. The van der Waals surface area contributed by atoms with Crippen molar-refractivity contribution in [2.45, 2.75) is 6.92 Å². The zero-order valence-corrected chi connectivity index (χ0v) is 18.0. The van der Waals surface area contributed by atoms with E-state index in [0.717, 1.165) is 56.1 Å². The summed E-state index contributed by atoms with van der Waals surface area (Å²) >= 11 is 0. The summed E-state index contributed by atoms with van der Waals surface area (Å²) in [6.45, 7) is 6.95. The summed E-state index contributed by atoms with van der Waals surface area (Å²) in [5, 5.41) is 3.96. The quantitative estimate of drug-likeness (QED) is 0.613. The van der Waals surface area contributed by atoms with Crippen molar-refractivity contribution in [3.8, 4) is 0 Å². The van der Waals surface area contributed by atoms with E-state index in [4.69, 9.17) is 4.74 Å².